The van der Waals surface area contributed by atoms with Gasteiger partial charge in [-0.05, 0) is 0 Å². The van der Waals surface area contributed by atoms with Gasteiger partial charge in [0.05, 0.1) is 7.05 Å². The van der Waals surface area contributed by atoms with Crippen molar-refractivity contribution in [3.63, 3.8) is 0 Å². The average molecular weight is 152 g/mol. The van der Waals surface area contributed by atoms with Gasteiger partial charge in [-0.2, -0.15) is 0 Å². The SMILES string of the molecule is CC.C[NH2+]Cc1ccccc1. The van der Waals surface area contributed by atoms with E-state index < -0.39 is 0 Å². The molecule has 0 heterocycles. The average Bonchev–Trinajstić information content (AvgIpc) is 2.11. The van der Waals surface area contributed by atoms with Crippen molar-refractivity contribution in [3.8, 4) is 0 Å². The van der Waals surface area contributed by atoms with Crippen LogP contribution in [0.5, 0.6) is 0 Å². The molecule has 0 fully saturated rings. The third-order valence-corrected chi connectivity index (χ3v) is 1.28. The highest BCUT2D eigenvalue weighted by Gasteiger charge is 1.86. The zero-order valence-electron chi connectivity index (χ0n) is 7.67. The molecule has 0 radical (unpaired) electrons. The molecule has 0 aromatic heterocycles. The fourth-order valence-corrected chi connectivity index (χ4v) is 0.850. The highest BCUT2D eigenvalue weighted by atomic mass is 14.8. The third-order valence-electron chi connectivity index (χ3n) is 1.28. The minimum atomic E-state index is 1.08. The highest BCUT2D eigenvalue weighted by Crippen LogP contribution is 1.93. The number of nitrogens with two attached hydrogens (primary N) is 1. The molecular weight excluding hydrogens is 134 g/mol. The molecule has 1 aromatic rings. The summed E-state index contributed by atoms with van der Waals surface area (Å²) in [5, 5.41) is 2.16. The number of quaternary nitrogens is 1. The quantitative estimate of drug-likeness (QED) is 0.660. The van der Waals surface area contributed by atoms with E-state index in [1.54, 1.807) is 0 Å². The number of rotatable bonds is 2. The van der Waals surface area contributed by atoms with Crippen LogP contribution in [-0.4, -0.2) is 7.05 Å². The maximum atomic E-state index is 2.16. The zero-order chi connectivity index (χ0) is 8.53. The first-order chi connectivity index (χ1) is 5.43. The van der Waals surface area contributed by atoms with Gasteiger partial charge in [0.1, 0.15) is 6.54 Å². The minimum absolute atomic E-state index is 1.08. The topological polar surface area (TPSA) is 16.6 Å². The summed E-state index contributed by atoms with van der Waals surface area (Å²) >= 11 is 0. The lowest BCUT2D eigenvalue weighted by atomic mass is 10.2. The number of hydrogen-bond donors (Lipinski definition) is 1. The van der Waals surface area contributed by atoms with Crippen LogP contribution < -0.4 is 5.32 Å². The van der Waals surface area contributed by atoms with Gasteiger partial charge in [0, 0.05) is 5.56 Å². The third kappa shape index (κ3) is 4.57. The van der Waals surface area contributed by atoms with E-state index in [9.17, 15) is 0 Å². The van der Waals surface area contributed by atoms with Gasteiger partial charge in [0.2, 0.25) is 0 Å². The van der Waals surface area contributed by atoms with Crippen LogP contribution in [0.1, 0.15) is 19.4 Å². The maximum Gasteiger partial charge on any atom is 0.101 e. The van der Waals surface area contributed by atoms with Gasteiger partial charge < -0.3 is 5.32 Å². The van der Waals surface area contributed by atoms with E-state index in [0.29, 0.717) is 0 Å². The Bertz CT molecular complexity index is 158. The Morgan fingerprint density at radius 2 is 1.64 bits per heavy atom. The van der Waals surface area contributed by atoms with Crippen LogP contribution >= 0.6 is 0 Å². The van der Waals surface area contributed by atoms with Crippen LogP contribution in [0.4, 0.5) is 0 Å². The first-order valence-electron chi connectivity index (χ1n) is 4.25. The molecule has 0 spiro atoms. The fourth-order valence-electron chi connectivity index (χ4n) is 0.850. The normalized spacial score (nSPS) is 8.27. The minimum Gasteiger partial charge on any atom is -0.345 e. The summed E-state index contributed by atoms with van der Waals surface area (Å²) < 4.78 is 0. The second-order valence-electron chi connectivity index (χ2n) is 2.10. The fraction of sp³-hybridized carbons (Fsp3) is 0.400. The lowest BCUT2D eigenvalue weighted by molar-refractivity contribution is -0.643. The van der Waals surface area contributed by atoms with Gasteiger partial charge in [0.15, 0.2) is 0 Å². The summed E-state index contributed by atoms with van der Waals surface area (Å²) in [5.41, 5.74) is 1.39. The van der Waals surface area contributed by atoms with E-state index >= 15 is 0 Å². The van der Waals surface area contributed by atoms with Gasteiger partial charge in [-0.1, -0.05) is 44.2 Å². The molecule has 1 rings (SSSR count). The van der Waals surface area contributed by atoms with Crippen LogP contribution in [-0.2, 0) is 6.54 Å². The van der Waals surface area contributed by atoms with Crippen LogP contribution in [0.3, 0.4) is 0 Å². The standard InChI is InChI=1S/C8H11N.C2H6/c1-9-7-8-5-3-2-4-6-8;1-2/h2-6,9H,7H2,1H3;1-2H3/p+1. The molecule has 1 nitrogen and oxygen atoms in total. The predicted molar refractivity (Wildman–Crippen MR) is 49.3 cm³/mol. The van der Waals surface area contributed by atoms with Crippen molar-refractivity contribution in [1.82, 2.24) is 0 Å². The Morgan fingerprint density at radius 1 is 1.09 bits per heavy atom. The molecule has 0 aliphatic carbocycles. The van der Waals surface area contributed by atoms with E-state index in [1.807, 2.05) is 19.9 Å². The molecule has 0 bridgehead atoms. The number of benzene rings is 1. The maximum absolute atomic E-state index is 2.16. The van der Waals surface area contributed by atoms with Gasteiger partial charge in [0.25, 0.3) is 0 Å². The Kier molecular flexibility index (Phi) is 6.75. The van der Waals surface area contributed by atoms with Gasteiger partial charge in [-0.15, -0.1) is 0 Å². The van der Waals surface area contributed by atoms with Gasteiger partial charge in [-0.3, -0.25) is 0 Å². The summed E-state index contributed by atoms with van der Waals surface area (Å²) in [6.45, 7) is 5.08. The molecule has 0 aliphatic rings. The van der Waals surface area contributed by atoms with Crippen molar-refractivity contribution in [3.05, 3.63) is 35.9 Å². The summed E-state index contributed by atoms with van der Waals surface area (Å²) in [6, 6.07) is 10.5. The second kappa shape index (κ2) is 7.29. The van der Waals surface area contributed by atoms with Crippen LogP contribution in [0, 0.1) is 0 Å². The van der Waals surface area contributed by atoms with Crippen LogP contribution in [0.25, 0.3) is 0 Å². The van der Waals surface area contributed by atoms with Crippen molar-refractivity contribution in [1.29, 1.82) is 0 Å². The molecule has 1 heteroatoms. The zero-order valence-corrected chi connectivity index (χ0v) is 7.67. The monoisotopic (exact) mass is 152 g/mol. The second-order valence-corrected chi connectivity index (χ2v) is 2.10. The molecule has 0 saturated heterocycles. The van der Waals surface area contributed by atoms with E-state index in [-0.39, 0.29) is 0 Å². The van der Waals surface area contributed by atoms with E-state index in [4.69, 9.17) is 0 Å². The first kappa shape index (κ1) is 10.2. The molecule has 0 atom stereocenters. The molecule has 0 aliphatic heterocycles. The van der Waals surface area contributed by atoms with Crippen molar-refractivity contribution in [2.45, 2.75) is 20.4 Å². The molecule has 0 amide bonds. The molecule has 0 saturated carbocycles. The predicted octanol–water partition coefficient (Wildman–Crippen LogP) is 1.41. The molecule has 2 N–H and O–H groups in total. The van der Waals surface area contributed by atoms with Crippen LogP contribution in [0.2, 0.25) is 0 Å². The van der Waals surface area contributed by atoms with Crippen molar-refractivity contribution >= 4 is 0 Å². The molecule has 1 aromatic carbocycles. The first-order valence-corrected chi connectivity index (χ1v) is 4.25. The smallest absolute Gasteiger partial charge is 0.101 e. The Morgan fingerprint density at radius 3 is 2.09 bits per heavy atom. The van der Waals surface area contributed by atoms with E-state index in [2.05, 4.69) is 36.6 Å². The summed E-state index contributed by atoms with van der Waals surface area (Å²) in [6.07, 6.45) is 0. The summed E-state index contributed by atoms with van der Waals surface area (Å²) in [7, 11) is 2.08. The van der Waals surface area contributed by atoms with Gasteiger partial charge >= 0.3 is 0 Å². The summed E-state index contributed by atoms with van der Waals surface area (Å²) in [5.74, 6) is 0. The van der Waals surface area contributed by atoms with E-state index in [1.165, 1.54) is 5.56 Å². The molecule has 62 valence electrons. The lowest BCUT2D eigenvalue weighted by Gasteiger charge is -1.93. The highest BCUT2D eigenvalue weighted by molar-refractivity contribution is 5.12. The number of hydrogen-bond acceptors (Lipinski definition) is 0. The van der Waals surface area contributed by atoms with Crippen LogP contribution in [0.15, 0.2) is 30.3 Å². The van der Waals surface area contributed by atoms with Crippen molar-refractivity contribution in [2.75, 3.05) is 7.05 Å². The Hall–Kier alpha value is -0.820. The Labute approximate surface area is 69.4 Å². The van der Waals surface area contributed by atoms with Gasteiger partial charge in [-0.25, -0.2) is 0 Å². The lowest BCUT2D eigenvalue weighted by Crippen LogP contribution is -2.77. The van der Waals surface area contributed by atoms with Crippen molar-refractivity contribution < 1.29 is 5.32 Å². The van der Waals surface area contributed by atoms with E-state index in [0.717, 1.165) is 6.54 Å². The Balaban J connectivity index is 0.000000461. The summed E-state index contributed by atoms with van der Waals surface area (Å²) in [4.78, 5) is 0. The molecule has 11 heavy (non-hydrogen) atoms. The van der Waals surface area contributed by atoms with Crippen molar-refractivity contribution in [2.24, 2.45) is 0 Å². The molecule has 0 unspecified atom stereocenters. The molecular formula is C10H18N+. The largest absolute Gasteiger partial charge is 0.345 e.